The van der Waals surface area contributed by atoms with Gasteiger partial charge < -0.3 is 5.11 Å². The van der Waals surface area contributed by atoms with Crippen LogP contribution >= 0.6 is 0 Å². The van der Waals surface area contributed by atoms with Crippen molar-refractivity contribution in [3.05, 3.63) is 34.4 Å². The molecule has 1 nitrogen and oxygen atoms in total. The summed E-state index contributed by atoms with van der Waals surface area (Å²) in [6, 6.07) is 4.73. The molecule has 0 amide bonds. The van der Waals surface area contributed by atoms with Gasteiger partial charge >= 0.3 is 0 Å². The number of aliphatic hydroxyl groups excluding tert-OH is 1. The van der Waals surface area contributed by atoms with Crippen LogP contribution in [0, 0.1) is 18.3 Å². The van der Waals surface area contributed by atoms with Crippen LogP contribution in [0.15, 0.2) is 12.1 Å². The molecule has 21 heavy (non-hydrogen) atoms. The summed E-state index contributed by atoms with van der Waals surface area (Å²) in [5, 5.41) is 10.00. The molecule has 1 aromatic carbocycles. The number of benzene rings is 1. The zero-order chi connectivity index (χ0) is 15.3. The van der Waals surface area contributed by atoms with Gasteiger partial charge in [-0.25, -0.2) is 0 Å². The highest BCUT2D eigenvalue weighted by Crippen LogP contribution is 2.57. The highest BCUT2D eigenvalue weighted by atomic mass is 16.3. The first-order valence-electron chi connectivity index (χ1n) is 8.69. The minimum absolute atomic E-state index is 0.113. The topological polar surface area (TPSA) is 20.2 Å². The zero-order valence-electron chi connectivity index (χ0n) is 14.1. The van der Waals surface area contributed by atoms with Gasteiger partial charge in [0.15, 0.2) is 0 Å². The molecule has 2 aliphatic carbocycles. The SMILES string of the molecule is CCc1c(C)ccc2c1CCC1C(C)(CO)CCCC21C. The average Bonchev–Trinajstić information content (AvgIpc) is 2.46. The predicted molar refractivity (Wildman–Crippen MR) is 88.8 cm³/mol. The third-order valence-corrected chi connectivity index (χ3v) is 6.73. The Balaban J connectivity index is 2.14. The molecule has 0 aliphatic heterocycles. The molecule has 0 aromatic heterocycles. The van der Waals surface area contributed by atoms with E-state index in [4.69, 9.17) is 0 Å². The molecule has 116 valence electrons. The molecule has 1 N–H and O–H groups in total. The molecule has 1 aromatic rings. The standard InChI is InChI=1S/C20H30O/c1-5-15-14(2)7-9-17-16(15)8-10-18-19(3,13-21)11-6-12-20(17,18)4/h7,9,18,21H,5-6,8,10-13H2,1-4H3. The van der Waals surface area contributed by atoms with Crippen molar-refractivity contribution in [2.75, 3.05) is 6.61 Å². The fourth-order valence-electron chi connectivity index (χ4n) is 5.57. The van der Waals surface area contributed by atoms with Gasteiger partial charge in [-0.1, -0.05) is 39.3 Å². The number of hydrogen-bond donors (Lipinski definition) is 1. The van der Waals surface area contributed by atoms with Gasteiger partial charge in [-0.15, -0.1) is 0 Å². The number of rotatable bonds is 2. The molecule has 2 aliphatic rings. The van der Waals surface area contributed by atoms with E-state index in [1.807, 2.05) is 0 Å². The lowest BCUT2D eigenvalue weighted by molar-refractivity contribution is -0.0179. The van der Waals surface area contributed by atoms with E-state index < -0.39 is 0 Å². The lowest BCUT2D eigenvalue weighted by atomic mass is 9.49. The monoisotopic (exact) mass is 286 g/mol. The van der Waals surface area contributed by atoms with Crippen LogP contribution < -0.4 is 0 Å². The largest absolute Gasteiger partial charge is 0.396 e. The Labute approximate surface area is 129 Å². The van der Waals surface area contributed by atoms with Crippen LogP contribution in [0.1, 0.15) is 68.7 Å². The van der Waals surface area contributed by atoms with E-state index >= 15 is 0 Å². The second kappa shape index (κ2) is 5.12. The van der Waals surface area contributed by atoms with E-state index in [1.165, 1.54) is 37.7 Å². The Morgan fingerprint density at radius 3 is 2.67 bits per heavy atom. The zero-order valence-corrected chi connectivity index (χ0v) is 14.1. The van der Waals surface area contributed by atoms with Crippen molar-refractivity contribution in [3.63, 3.8) is 0 Å². The second-order valence-corrected chi connectivity index (χ2v) is 7.92. The van der Waals surface area contributed by atoms with Crippen molar-refractivity contribution in [3.8, 4) is 0 Å². The average molecular weight is 286 g/mol. The fraction of sp³-hybridized carbons (Fsp3) is 0.700. The first-order valence-corrected chi connectivity index (χ1v) is 8.69. The fourth-order valence-corrected chi connectivity index (χ4v) is 5.57. The Morgan fingerprint density at radius 2 is 2.00 bits per heavy atom. The summed E-state index contributed by atoms with van der Waals surface area (Å²) in [7, 11) is 0. The molecule has 3 atom stereocenters. The molecule has 1 fully saturated rings. The molecule has 0 heterocycles. The molecule has 0 bridgehead atoms. The summed E-state index contributed by atoms with van der Waals surface area (Å²) in [6.07, 6.45) is 7.32. The second-order valence-electron chi connectivity index (χ2n) is 7.92. The Bertz CT molecular complexity index is 547. The van der Waals surface area contributed by atoms with Crippen molar-refractivity contribution in [2.24, 2.45) is 11.3 Å². The lowest BCUT2D eigenvalue weighted by Gasteiger charge is -2.55. The van der Waals surface area contributed by atoms with E-state index in [1.54, 1.807) is 16.7 Å². The van der Waals surface area contributed by atoms with Crippen LogP contribution in [-0.4, -0.2) is 11.7 Å². The normalized spacial score (nSPS) is 35.2. The van der Waals surface area contributed by atoms with Gasteiger partial charge in [-0.05, 0) is 78.0 Å². The maximum absolute atomic E-state index is 10.00. The summed E-state index contributed by atoms with van der Waals surface area (Å²) < 4.78 is 0. The van der Waals surface area contributed by atoms with Gasteiger partial charge in [0, 0.05) is 6.61 Å². The molecular formula is C20H30O. The van der Waals surface area contributed by atoms with Crippen LogP contribution in [0.25, 0.3) is 0 Å². The quantitative estimate of drug-likeness (QED) is 0.845. The molecule has 1 heteroatoms. The van der Waals surface area contributed by atoms with Crippen LogP contribution in [0.5, 0.6) is 0 Å². The van der Waals surface area contributed by atoms with Crippen LogP contribution in [0.2, 0.25) is 0 Å². The van der Waals surface area contributed by atoms with Crippen molar-refractivity contribution in [2.45, 2.75) is 71.6 Å². The maximum Gasteiger partial charge on any atom is 0.0487 e. The highest BCUT2D eigenvalue weighted by Gasteiger charge is 2.51. The number of aliphatic hydroxyl groups is 1. The van der Waals surface area contributed by atoms with Gasteiger partial charge in [0.25, 0.3) is 0 Å². The van der Waals surface area contributed by atoms with Gasteiger partial charge in [-0.3, -0.25) is 0 Å². The van der Waals surface area contributed by atoms with E-state index in [0.717, 1.165) is 6.42 Å². The van der Waals surface area contributed by atoms with Crippen LogP contribution in [0.4, 0.5) is 0 Å². The van der Waals surface area contributed by atoms with Crippen molar-refractivity contribution in [1.82, 2.24) is 0 Å². The minimum Gasteiger partial charge on any atom is -0.396 e. The number of aryl methyl sites for hydroxylation is 1. The summed E-state index contributed by atoms with van der Waals surface area (Å²) >= 11 is 0. The summed E-state index contributed by atoms with van der Waals surface area (Å²) in [4.78, 5) is 0. The first kappa shape index (κ1) is 15.1. The molecule has 0 spiro atoms. The lowest BCUT2D eigenvalue weighted by Crippen LogP contribution is -2.50. The van der Waals surface area contributed by atoms with Gasteiger partial charge in [-0.2, -0.15) is 0 Å². The first-order chi connectivity index (χ1) is 9.96. The predicted octanol–water partition coefficient (Wildman–Crippen LogP) is 4.56. The third kappa shape index (κ3) is 2.08. The van der Waals surface area contributed by atoms with E-state index in [2.05, 4.69) is 39.8 Å². The molecule has 3 unspecified atom stereocenters. The van der Waals surface area contributed by atoms with Gasteiger partial charge in [0.05, 0.1) is 0 Å². The maximum atomic E-state index is 10.00. The van der Waals surface area contributed by atoms with Crippen molar-refractivity contribution in [1.29, 1.82) is 0 Å². The van der Waals surface area contributed by atoms with Crippen LogP contribution in [-0.2, 0) is 18.3 Å². The Hall–Kier alpha value is -0.820. The summed E-state index contributed by atoms with van der Waals surface area (Å²) in [5.74, 6) is 0.628. The molecule has 3 rings (SSSR count). The summed E-state index contributed by atoms with van der Waals surface area (Å²) in [5.41, 5.74) is 6.66. The smallest absolute Gasteiger partial charge is 0.0487 e. The summed E-state index contributed by atoms with van der Waals surface area (Å²) in [6.45, 7) is 9.67. The van der Waals surface area contributed by atoms with E-state index in [9.17, 15) is 5.11 Å². The molecule has 1 saturated carbocycles. The van der Waals surface area contributed by atoms with E-state index in [0.29, 0.717) is 12.5 Å². The minimum atomic E-state index is 0.113. The number of fused-ring (bicyclic) bond motifs is 3. The third-order valence-electron chi connectivity index (χ3n) is 6.73. The van der Waals surface area contributed by atoms with Crippen molar-refractivity contribution >= 4 is 0 Å². The molecular weight excluding hydrogens is 256 g/mol. The van der Waals surface area contributed by atoms with Gasteiger partial charge in [0.1, 0.15) is 0 Å². The Morgan fingerprint density at radius 1 is 1.24 bits per heavy atom. The van der Waals surface area contributed by atoms with Gasteiger partial charge in [0.2, 0.25) is 0 Å². The van der Waals surface area contributed by atoms with E-state index in [-0.39, 0.29) is 10.8 Å². The molecule has 0 saturated heterocycles. The Kier molecular flexibility index (Phi) is 3.68. The highest BCUT2D eigenvalue weighted by molar-refractivity contribution is 5.47. The molecule has 0 radical (unpaired) electrons. The van der Waals surface area contributed by atoms with Crippen LogP contribution in [0.3, 0.4) is 0 Å². The van der Waals surface area contributed by atoms with Crippen molar-refractivity contribution < 1.29 is 5.11 Å². The number of hydrogen-bond acceptors (Lipinski definition) is 1.